The Hall–Kier alpha value is -0.870. The van der Waals surface area contributed by atoms with Gasteiger partial charge in [0.2, 0.25) is 5.91 Å². The van der Waals surface area contributed by atoms with E-state index < -0.39 is 0 Å². The molecular formula is C13H22N2OS. The number of nitrogens with two attached hydrogens (primary N) is 1. The Balaban J connectivity index is 2.39. The maximum absolute atomic E-state index is 11.7. The number of aryl methyl sites for hydroxylation is 1. The molecule has 0 spiro atoms. The monoisotopic (exact) mass is 254 g/mol. The van der Waals surface area contributed by atoms with Gasteiger partial charge >= 0.3 is 0 Å². The van der Waals surface area contributed by atoms with E-state index in [1.807, 2.05) is 20.8 Å². The summed E-state index contributed by atoms with van der Waals surface area (Å²) in [6, 6.07) is -0.105. The molecule has 1 heterocycles. The topological polar surface area (TPSA) is 55.1 Å². The van der Waals surface area contributed by atoms with Crippen LogP contribution in [0.3, 0.4) is 0 Å². The van der Waals surface area contributed by atoms with Crippen molar-refractivity contribution in [1.82, 2.24) is 5.32 Å². The zero-order chi connectivity index (χ0) is 13.1. The number of hydrogen-bond acceptors (Lipinski definition) is 3. The van der Waals surface area contributed by atoms with Crippen LogP contribution >= 0.6 is 11.3 Å². The van der Waals surface area contributed by atoms with E-state index in [9.17, 15) is 4.79 Å². The number of thiophene rings is 1. The molecule has 1 aromatic heterocycles. The van der Waals surface area contributed by atoms with E-state index in [1.54, 1.807) is 11.3 Å². The third kappa shape index (κ3) is 4.48. The molecule has 3 N–H and O–H groups in total. The predicted octanol–water partition coefficient (Wildman–Crippen LogP) is 2.44. The number of carbonyl (C=O) groups excluding carboxylic acids is 1. The predicted molar refractivity (Wildman–Crippen MR) is 73.0 cm³/mol. The average molecular weight is 254 g/mol. The first kappa shape index (κ1) is 14.2. The summed E-state index contributed by atoms with van der Waals surface area (Å²) >= 11 is 1.66. The minimum absolute atomic E-state index is 0.0259. The first-order valence-electron chi connectivity index (χ1n) is 5.84. The molecule has 96 valence electrons. The molecule has 0 aliphatic carbocycles. The van der Waals surface area contributed by atoms with Crippen LogP contribution in [0.1, 0.15) is 38.3 Å². The smallest absolute Gasteiger partial charge is 0.221 e. The number of rotatable bonds is 4. The first-order chi connectivity index (χ1) is 7.80. The number of carbonyl (C=O) groups is 1. The van der Waals surface area contributed by atoms with E-state index in [0.29, 0.717) is 13.0 Å². The van der Waals surface area contributed by atoms with E-state index in [4.69, 9.17) is 5.73 Å². The Morgan fingerprint density at radius 3 is 2.59 bits per heavy atom. The van der Waals surface area contributed by atoms with E-state index in [1.165, 1.54) is 11.1 Å². The summed E-state index contributed by atoms with van der Waals surface area (Å²) in [6.07, 6.45) is 0.382. The summed E-state index contributed by atoms with van der Waals surface area (Å²) < 4.78 is 0. The largest absolute Gasteiger partial charge is 0.352 e. The van der Waals surface area contributed by atoms with Crippen molar-refractivity contribution in [3.8, 4) is 0 Å². The van der Waals surface area contributed by atoms with Gasteiger partial charge in [-0.3, -0.25) is 4.79 Å². The molecule has 0 aromatic carbocycles. The van der Waals surface area contributed by atoms with Gasteiger partial charge in [-0.2, -0.15) is 11.3 Å². The molecule has 0 saturated heterocycles. The maximum atomic E-state index is 11.7. The number of hydrogen-bond donors (Lipinski definition) is 2. The van der Waals surface area contributed by atoms with Crippen LogP contribution in [0.5, 0.6) is 0 Å². The van der Waals surface area contributed by atoms with Crippen LogP contribution in [0, 0.1) is 12.3 Å². The zero-order valence-electron chi connectivity index (χ0n) is 11.0. The van der Waals surface area contributed by atoms with Crippen LogP contribution in [0.2, 0.25) is 0 Å². The first-order valence-corrected chi connectivity index (χ1v) is 6.79. The lowest BCUT2D eigenvalue weighted by Gasteiger charge is -2.26. The highest BCUT2D eigenvalue weighted by Gasteiger charge is 2.22. The van der Waals surface area contributed by atoms with Gasteiger partial charge in [-0.05, 0) is 34.2 Å². The Bertz CT molecular complexity index is 379. The van der Waals surface area contributed by atoms with E-state index in [-0.39, 0.29) is 17.4 Å². The molecule has 1 rings (SSSR count). The second-order valence-corrected chi connectivity index (χ2v) is 6.28. The van der Waals surface area contributed by atoms with Crippen molar-refractivity contribution in [1.29, 1.82) is 0 Å². The summed E-state index contributed by atoms with van der Waals surface area (Å²) in [4.78, 5) is 11.7. The molecule has 1 aromatic rings. The van der Waals surface area contributed by atoms with Crippen molar-refractivity contribution in [2.45, 2.75) is 46.7 Å². The lowest BCUT2D eigenvalue weighted by Crippen LogP contribution is -2.40. The van der Waals surface area contributed by atoms with Gasteiger partial charge in [-0.15, -0.1) is 0 Å². The normalized spacial score (nSPS) is 13.5. The fourth-order valence-corrected chi connectivity index (χ4v) is 2.20. The van der Waals surface area contributed by atoms with Crippen LogP contribution in [0.4, 0.5) is 0 Å². The zero-order valence-corrected chi connectivity index (χ0v) is 11.9. The van der Waals surface area contributed by atoms with E-state index >= 15 is 0 Å². The molecule has 17 heavy (non-hydrogen) atoms. The van der Waals surface area contributed by atoms with Crippen molar-refractivity contribution >= 4 is 17.2 Å². The number of amides is 1. The van der Waals surface area contributed by atoms with Crippen molar-refractivity contribution in [3.63, 3.8) is 0 Å². The summed E-state index contributed by atoms with van der Waals surface area (Å²) in [5, 5.41) is 7.07. The highest BCUT2D eigenvalue weighted by molar-refractivity contribution is 7.08. The summed E-state index contributed by atoms with van der Waals surface area (Å²) in [5.41, 5.74) is 8.36. The van der Waals surface area contributed by atoms with Gasteiger partial charge in [-0.25, -0.2) is 0 Å². The van der Waals surface area contributed by atoms with Crippen LogP contribution in [0.25, 0.3) is 0 Å². The third-order valence-electron chi connectivity index (χ3n) is 2.96. The lowest BCUT2D eigenvalue weighted by atomic mass is 9.85. The molecular weight excluding hydrogens is 232 g/mol. The van der Waals surface area contributed by atoms with Crippen molar-refractivity contribution in [3.05, 3.63) is 21.9 Å². The molecule has 3 nitrogen and oxygen atoms in total. The molecule has 0 aliphatic rings. The maximum Gasteiger partial charge on any atom is 0.221 e. The molecule has 0 saturated carbocycles. The average Bonchev–Trinajstić information content (AvgIpc) is 2.59. The van der Waals surface area contributed by atoms with Crippen molar-refractivity contribution in [2.24, 2.45) is 11.1 Å². The standard InChI is InChI=1S/C13H22N2OS/c1-9-7-17-8-10(9)6-15-12(16)5-11(14)13(2,3)4/h7-8,11H,5-6,14H2,1-4H3,(H,15,16). The SMILES string of the molecule is Cc1cscc1CNC(=O)CC(N)C(C)(C)C. The Labute approximate surface area is 107 Å². The molecule has 0 aliphatic heterocycles. The van der Waals surface area contributed by atoms with Gasteiger partial charge in [0.05, 0.1) is 0 Å². The van der Waals surface area contributed by atoms with Crippen LogP contribution in [0.15, 0.2) is 10.8 Å². The van der Waals surface area contributed by atoms with Crippen molar-refractivity contribution in [2.75, 3.05) is 0 Å². The van der Waals surface area contributed by atoms with Gasteiger partial charge in [0.25, 0.3) is 0 Å². The second kappa shape index (κ2) is 5.65. The highest BCUT2D eigenvalue weighted by Crippen LogP contribution is 2.19. The quantitative estimate of drug-likeness (QED) is 0.867. The van der Waals surface area contributed by atoms with E-state index in [0.717, 1.165) is 0 Å². The van der Waals surface area contributed by atoms with Gasteiger partial charge < -0.3 is 11.1 Å². The summed E-state index contributed by atoms with van der Waals surface area (Å²) in [7, 11) is 0. The minimum atomic E-state index is -0.105. The Kier molecular flexibility index (Phi) is 4.71. The summed E-state index contributed by atoms with van der Waals surface area (Å²) in [6.45, 7) is 8.81. The van der Waals surface area contributed by atoms with Gasteiger partial charge in [0.1, 0.15) is 0 Å². The molecule has 1 atom stereocenters. The molecule has 0 fully saturated rings. The van der Waals surface area contributed by atoms with Gasteiger partial charge in [-0.1, -0.05) is 20.8 Å². The van der Waals surface area contributed by atoms with Crippen LogP contribution in [-0.4, -0.2) is 11.9 Å². The molecule has 0 radical (unpaired) electrons. The fourth-order valence-electron chi connectivity index (χ4n) is 1.34. The van der Waals surface area contributed by atoms with Gasteiger partial charge in [0.15, 0.2) is 0 Å². The third-order valence-corrected chi connectivity index (χ3v) is 3.87. The second-order valence-electron chi connectivity index (χ2n) is 5.53. The molecule has 1 amide bonds. The van der Waals surface area contributed by atoms with Crippen LogP contribution < -0.4 is 11.1 Å². The molecule has 1 unspecified atom stereocenters. The van der Waals surface area contributed by atoms with Crippen LogP contribution in [-0.2, 0) is 11.3 Å². The highest BCUT2D eigenvalue weighted by atomic mass is 32.1. The van der Waals surface area contributed by atoms with Crippen molar-refractivity contribution < 1.29 is 4.79 Å². The Morgan fingerprint density at radius 1 is 1.47 bits per heavy atom. The lowest BCUT2D eigenvalue weighted by molar-refractivity contribution is -0.122. The molecule has 4 heteroatoms. The Morgan fingerprint density at radius 2 is 2.12 bits per heavy atom. The fraction of sp³-hybridized carbons (Fsp3) is 0.615. The van der Waals surface area contributed by atoms with E-state index in [2.05, 4.69) is 23.0 Å². The molecule has 0 bridgehead atoms. The number of nitrogens with one attached hydrogen (secondary N) is 1. The minimum Gasteiger partial charge on any atom is -0.352 e. The summed E-state index contributed by atoms with van der Waals surface area (Å²) in [5.74, 6) is 0.0259. The van der Waals surface area contributed by atoms with Gasteiger partial charge in [0, 0.05) is 19.0 Å².